The number of carbonyl (C=O) groups is 1. The van der Waals surface area contributed by atoms with Crippen LogP contribution in [0.4, 0.5) is 18.0 Å². The fourth-order valence-electron chi connectivity index (χ4n) is 2.95. The van der Waals surface area contributed by atoms with Gasteiger partial charge in [-0.2, -0.15) is 0 Å². The molecule has 0 heterocycles. The Kier molecular flexibility index (Phi) is 4.09. The van der Waals surface area contributed by atoms with Gasteiger partial charge in [-0.25, -0.2) is 4.79 Å². The van der Waals surface area contributed by atoms with E-state index < -0.39 is 12.5 Å². The first-order valence-corrected chi connectivity index (χ1v) is 7.30. The summed E-state index contributed by atoms with van der Waals surface area (Å²) in [6.45, 7) is 0. The van der Waals surface area contributed by atoms with Crippen LogP contribution in [-0.2, 0) is 6.42 Å². The molecule has 0 aromatic heterocycles. The highest BCUT2D eigenvalue weighted by Crippen LogP contribution is 2.34. The zero-order valence-corrected chi connectivity index (χ0v) is 12.4. The molecule has 3 rings (SSSR count). The van der Waals surface area contributed by atoms with Crippen LogP contribution in [0.5, 0.6) is 5.75 Å². The lowest BCUT2D eigenvalue weighted by atomic mass is 10.00. The fraction of sp³-hybridized carbons (Fsp3) is 0.235. The van der Waals surface area contributed by atoms with Crippen molar-refractivity contribution in [1.29, 1.82) is 0 Å². The summed E-state index contributed by atoms with van der Waals surface area (Å²) >= 11 is 0. The number of alkyl halides is 3. The molecule has 0 radical (unpaired) electrons. The number of amides is 1. The number of fused-ring (bicyclic) bond motifs is 1. The van der Waals surface area contributed by atoms with Gasteiger partial charge >= 0.3 is 12.5 Å². The Bertz CT molecular complexity index is 757. The number of aryl methyl sites for hydroxylation is 1. The third-order valence-electron chi connectivity index (χ3n) is 3.94. The molecular weight excluding hydrogens is 323 g/mol. The molecule has 0 saturated heterocycles. The van der Waals surface area contributed by atoms with Gasteiger partial charge in [-0.05, 0) is 47.2 Å². The summed E-state index contributed by atoms with van der Waals surface area (Å²) < 4.78 is 40.4. The Morgan fingerprint density at radius 1 is 1.12 bits per heavy atom. The quantitative estimate of drug-likeness (QED) is 0.866. The van der Waals surface area contributed by atoms with Crippen LogP contribution in [0.1, 0.15) is 23.6 Å². The van der Waals surface area contributed by atoms with Crippen molar-refractivity contribution in [2.24, 2.45) is 0 Å². The predicted molar refractivity (Wildman–Crippen MR) is 80.8 cm³/mol. The molecule has 1 unspecified atom stereocenters. The van der Waals surface area contributed by atoms with Crippen molar-refractivity contribution in [1.82, 2.24) is 5.32 Å². The van der Waals surface area contributed by atoms with E-state index >= 15 is 0 Å². The van der Waals surface area contributed by atoms with Crippen LogP contribution in [0, 0.1) is 0 Å². The van der Waals surface area contributed by atoms with Crippen molar-refractivity contribution in [3.63, 3.8) is 0 Å². The molecule has 126 valence electrons. The van der Waals surface area contributed by atoms with Crippen LogP contribution in [0.2, 0.25) is 0 Å². The Morgan fingerprint density at radius 3 is 2.42 bits per heavy atom. The molecule has 24 heavy (non-hydrogen) atoms. The summed E-state index contributed by atoms with van der Waals surface area (Å²) in [4.78, 5) is 10.8. The Balaban J connectivity index is 1.80. The van der Waals surface area contributed by atoms with E-state index in [2.05, 4.69) is 10.1 Å². The zero-order valence-electron chi connectivity index (χ0n) is 12.4. The average Bonchev–Trinajstić information content (AvgIpc) is 2.88. The Morgan fingerprint density at radius 2 is 1.79 bits per heavy atom. The van der Waals surface area contributed by atoms with Gasteiger partial charge < -0.3 is 15.2 Å². The lowest BCUT2D eigenvalue weighted by Crippen LogP contribution is -2.24. The first kappa shape index (κ1) is 16.2. The van der Waals surface area contributed by atoms with Gasteiger partial charge in [0.05, 0.1) is 6.04 Å². The predicted octanol–water partition coefficient (Wildman–Crippen LogP) is 4.51. The fourth-order valence-corrected chi connectivity index (χ4v) is 2.95. The van der Waals surface area contributed by atoms with E-state index in [0.717, 1.165) is 28.7 Å². The molecule has 2 aromatic carbocycles. The number of hydrogen-bond acceptors (Lipinski definition) is 2. The van der Waals surface area contributed by atoms with Gasteiger partial charge in [0.2, 0.25) is 0 Å². The summed E-state index contributed by atoms with van der Waals surface area (Å²) in [7, 11) is 0. The summed E-state index contributed by atoms with van der Waals surface area (Å²) in [5.41, 5.74) is 3.62. The van der Waals surface area contributed by atoms with Crippen LogP contribution in [0.25, 0.3) is 11.1 Å². The topological polar surface area (TPSA) is 58.6 Å². The van der Waals surface area contributed by atoms with Gasteiger partial charge in [0.15, 0.2) is 0 Å². The number of nitrogens with one attached hydrogen (secondary N) is 1. The SMILES string of the molecule is O=C(O)NC1CCc2cc(-c3ccc(OC(F)(F)F)cc3)ccc21. The minimum Gasteiger partial charge on any atom is -0.465 e. The summed E-state index contributed by atoms with van der Waals surface area (Å²) in [5, 5.41) is 11.3. The minimum absolute atomic E-state index is 0.214. The standard InChI is InChI=1S/C17H14F3NO3/c18-17(19,20)24-13-5-1-10(2-6-13)11-3-7-14-12(9-11)4-8-15(14)21-16(22)23/h1-3,5-7,9,15,21H,4,8H2,(H,22,23). The molecule has 2 aromatic rings. The molecule has 4 nitrogen and oxygen atoms in total. The van der Waals surface area contributed by atoms with E-state index in [9.17, 15) is 18.0 Å². The number of halogens is 3. The van der Waals surface area contributed by atoms with E-state index in [4.69, 9.17) is 5.11 Å². The second-order valence-electron chi connectivity index (χ2n) is 5.53. The third-order valence-corrected chi connectivity index (χ3v) is 3.94. The molecule has 1 amide bonds. The van der Waals surface area contributed by atoms with E-state index in [-0.39, 0.29) is 11.8 Å². The highest BCUT2D eigenvalue weighted by molar-refractivity contribution is 5.68. The van der Waals surface area contributed by atoms with E-state index in [1.165, 1.54) is 12.1 Å². The minimum atomic E-state index is -4.71. The van der Waals surface area contributed by atoms with Crippen LogP contribution >= 0.6 is 0 Å². The van der Waals surface area contributed by atoms with Gasteiger partial charge in [0.25, 0.3) is 0 Å². The molecule has 1 atom stereocenters. The van der Waals surface area contributed by atoms with Gasteiger partial charge in [-0.1, -0.05) is 30.3 Å². The van der Waals surface area contributed by atoms with Crippen molar-refractivity contribution >= 4 is 6.09 Å². The molecule has 1 aliphatic carbocycles. The maximum Gasteiger partial charge on any atom is 0.573 e. The molecule has 7 heteroatoms. The number of hydrogen-bond donors (Lipinski definition) is 2. The van der Waals surface area contributed by atoms with Gasteiger partial charge in [-0.3, -0.25) is 0 Å². The molecule has 2 N–H and O–H groups in total. The molecule has 1 aliphatic rings. The van der Waals surface area contributed by atoms with E-state index in [0.29, 0.717) is 6.42 Å². The molecule has 0 spiro atoms. The van der Waals surface area contributed by atoms with Crippen molar-refractivity contribution in [2.45, 2.75) is 25.2 Å². The molecular formula is C17H14F3NO3. The smallest absolute Gasteiger partial charge is 0.465 e. The Labute approximate surface area is 135 Å². The molecule has 0 saturated carbocycles. The Hall–Kier alpha value is -2.70. The lowest BCUT2D eigenvalue weighted by Gasteiger charge is -2.12. The second kappa shape index (κ2) is 6.07. The maximum absolute atomic E-state index is 12.2. The molecule has 0 aliphatic heterocycles. The largest absolute Gasteiger partial charge is 0.573 e. The first-order chi connectivity index (χ1) is 11.3. The highest BCUT2D eigenvalue weighted by Gasteiger charge is 2.31. The highest BCUT2D eigenvalue weighted by atomic mass is 19.4. The van der Waals surface area contributed by atoms with E-state index in [1.807, 2.05) is 18.2 Å². The normalized spacial score (nSPS) is 16.5. The van der Waals surface area contributed by atoms with Crippen molar-refractivity contribution in [3.8, 4) is 16.9 Å². The van der Waals surface area contributed by atoms with E-state index in [1.54, 1.807) is 12.1 Å². The number of ether oxygens (including phenoxy) is 1. The van der Waals surface area contributed by atoms with Crippen molar-refractivity contribution in [2.75, 3.05) is 0 Å². The van der Waals surface area contributed by atoms with Crippen LogP contribution < -0.4 is 10.1 Å². The number of rotatable bonds is 3. The average molecular weight is 337 g/mol. The summed E-state index contributed by atoms with van der Waals surface area (Å²) in [6, 6.07) is 11.1. The van der Waals surface area contributed by atoms with Crippen molar-refractivity contribution in [3.05, 3.63) is 53.6 Å². The van der Waals surface area contributed by atoms with Crippen LogP contribution in [-0.4, -0.2) is 17.6 Å². The summed E-state index contributed by atoms with van der Waals surface area (Å²) in [5.74, 6) is -0.266. The van der Waals surface area contributed by atoms with Crippen molar-refractivity contribution < 1.29 is 27.8 Å². The van der Waals surface area contributed by atoms with Gasteiger partial charge in [0, 0.05) is 0 Å². The van der Waals surface area contributed by atoms with Crippen LogP contribution in [0.3, 0.4) is 0 Å². The summed E-state index contributed by atoms with van der Waals surface area (Å²) in [6.07, 6.45) is -4.31. The maximum atomic E-state index is 12.2. The second-order valence-corrected chi connectivity index (χ2v) is 5.53. The first-order valence-electron chi connectivity index (χ1n) is 7.30. The number of benzene rings is 2. The van der Waals surface area contributed by atoms with Gasteiger partial charge in [-0.15, -0.1) is 13.2 Å². The van der Waals surface area contributed by atoms with Gasteiger partial charge in [0.1, 0.15) is 5.75 Å². The lowest BCUT2D eigenvalue weighted by molar-refractivity contribution is -0.274. The number of carboxylic acid groups (broad SMARTS) is 1. The third kappa shape index (κ3) is 3.61. The van der Waals surface area contributed by atoms with Crippen LogP contribution in [0.15, 0.2) is 42.5 Å². The monoisotopic (exact) mass is 337 g/mol. The zero-order chi connectivity index (χ0) is 17.3. The molecule has 0 fully saturated rings. The molecule has 0 bridgehead atoms.